The first-order valence-electron chi connectivity index (χ1n) is 7.98. The Morgan fingerprint density at radius 1 is 1.27 bits per heavy atom. The molecule has 1 fully saturated rings. The normalized spacial score (nSPS) is 28.1. The molecule has 122 valence electrons. The van der Waals surface area contributed by atoms with Crippen LogP contribution >= 0.6 is 0 Å². The lowest BCUT2D eigenvalue weighted by Gasteiger charge is -2.32. The highest BCUT2D eigenvalue weighted by atomic mass is 32.2. The zero-order chi connectivity index (χ0) is 15.7. The summed E-state index contributed by atoms with van der Waals surface area (Å²) in [7, 11) is -3.52. The van der Waals surface area contributed by atoms with Gasteiger partial charge in [-0.15, -0.1) is 0 Å². The highest BCUT2D eigenvalue weighted by molar-refractivity contribution is 7.89. The van der Waals surface area contributed by atoms with Crippen LogP contribution in [-0.2, 0) is 10.0 Å². The van der Waals surface area contributed by atoms with E-state index in [2.05, 4.69) is 19.2 Å². The molecule has 2 heterocycles. The maximum Gasteiger partial charge on any atom is 0.247 e. The van der Waals surface area contributed by atoms with E-state index in [4.69, 9.17) is 4.74 Å². The van der Waals surface area contributed by atoms with Crippen molar-refractivity contribution in [3.8, 4) is 5.75 Å². The minimum Gasteiger partial charge on any atom is -0.487 e. The molecule has 1 aromatic rings. The quantitative estimate of drug-likeness (QED) is 0.902. The molecule has 2 aliphatic heterocycles. The molecule has 0 bridgehead atoms. The molecular weight excluding hydrogens is 300 g/mol. The third-order valence-corrected chi connectivity index (χ3v) is 6.21. The van der Waals surface area contributed by atoms with Gasteiger partial charge in [0.05, 0.1) is 6.04 Å². The molecule has 0 spiro atoms. The molecule has 0 unspecified atom stereocenters. The number of sulfonamides is 1. The third-order valence-electron chi connectivity index (χ3n) is 4.28. The van der Waals surface area contributed by atoms with E-state index in [1.165, 1.54) is 0 Å². The van der Waals surface area contributed by atoms with E-state index < -0.39 is 10.0 Å². The number of fused-ring (bicyclic) bond motifs is 2. The van der Waals surface area contributed by atoms with Crippen molar-refractivity contribution >= 4 is 10.0 Å². The molecule has 0 aliphatic carbocycles. The lowest BCUT2D eigenvalue weighted by atomic mass is 10.0. The summed E-state index contributed by atoms with van der Waals surface area (Å²) in [5.74, 6) is 0.766. The molecule has 1 aromatic carbocycles. The highest BCUT2D eigenvalue weighted by Gasteiger charge is 2.42. The van der Waals surface area contributed by atoms with Crippen LogP contribution < -0.4 is 10.1 Å². The molecule has 0 radical (unpaired) electrons. The SMILES string of the molecule is CC(C)CN1[C@H]2CCNCC[C@@H]2Oc2ccccc2S1(=O)=O. The van der Waals surface area contributed by atoms with E-state index in [9.17, 15) is 8.42 Å². The number of hydrogen-bond acceptors (Lipinski definition) is 4. The monoisotopic (exact) mass is 324 g/mol. The molecule has 2 atom stereocenters. The van der Waals surface area contributed by atoms with Crippen LogP contribution in [0, 0.1) is 5.92 Å². The Bertz CT molecular complexity index is 630. The summed E-state index contributed by atoms with van der Waals surface area (Å²) in [6, 6.07) is 6.91. The van der Waals surface area contributed by atoms with Crippen LogP contribution in [0.3, 0.4) is 0 Å². The molecular formula is C16H24N2O3S. The Balaban J connectivity index is 2.10. The molecule has 0 amide bonds. The summed E-state index contributed by atoms with van der Waals surface area (Å²) in [5.41, 5.74) is 0. The summed E-state index contributed by atoms with van der Waals surface area (Å²) < 4.78 is 34.1. The number of nitrogens with one attached hydrogen (secondary N) is 1. The fourth-order valence-corrected chi connectivity index (χ4v) is 5.25. The summed E-state index contributed by atoms with van der Waals surface area (Å²) in [6.45, 7) is 6.32. The average Bonchev–Trinajstić information content (AvgIpc) is 2.73. The van der Waals surface area contributed by atoms with Gasteiger partial charge in [-0.3, -0.25) is 0 Å². The van der Waals surface area contributed by atoms with Crippen LogP contribution in [-0.4, -0.2) is 44.5 Å². The van der Waals surface area contributed by atoms with Crippen molar-refractivity contribution in [3.63, 3.8) is 0 Å². The predicted molar refractivity (Wildman–Crippen MR) is 85.5 cm³/mol. The summed E-state index contributed by atoms with van der Waals surface area (Å²) in [5, 5.41) is 3.35. The molecule has 5 nitrogen and oxygen atoms in total. The molecule has 1 N–H and O–H groups in total. The van der Waals surface area contributed by atoms with Crippen molar-refractivity contribution in [3.05, 3.63) is 24.3 Å². The summed E-state index contributed by atoms with van der Waals surface area (Å²) in [4.78, 5) is 0.302. The molecule has 2 aliphatic rings. The van der Waals surface area contributed by atoms with Gasteiger partial charge in [0, 0.05) is 6.54 Å². The van der Waals surface area contributed by atoms with Crippen LogP contribution in [0.15, 0.2) is 29.2 Å². The summed E-state index contributed by atoms with van der Waals surface area (Å²) in [6.07, 6.45) is 1.51. The van der Waals surface area contributed by atoms with Crippen LogP contribution in [0.25, 0.3) is 0 Å². The predicted octanol–water partition coefficient (Wildman–Crippen LogP) is 1.85. The van der Waals surface area contributed by atoms with Gasteiger partial charge in [-0.05, 0) is 44.0 Å². The lowest BCUT2D eigenvalue weighted by Crippen LogP contribution is -2.48. The van der Waals surface area contributed by atoms with Crippen molar-refractivity contribution in [2.45, 2.75) is 43.7 Å². The Morgan fingerprint density at radius 3 is 2.77 bits per heavy atom. The van der Waals surface area contributed by atoms with E-state index in [0.29, 0.717) is 17.2 Å². The van der Waals surface area contributed by atoms with Crippen molar-refractivity contribution in [2.75, 3.05) is 19.6 Å². The van der Waals surface area contributed by atoms with Crippen LogP contribution in [0.1, 0.15) is 26.7 Å². The molecule has 6 heteroatoms. The summed E-state index contributed by atoms with van der Waals surface area (Å²) >= 11 is 0. The molecule has 22 heavy (non-hydrogen) atoms. The topological polar surface area (TPSA) is 58.6 Å². The Labute approximate surface area is 132 Å². The fourth-order valence-electron chi connectivity index (χ4n) is 3.29. The number of benzene rings is 1. The van der Waals surface area contributed by atoms with E-state index in [1.807, 2.05) is 6.07 Å². The number of nitrogens with zero attached hydrogens (tertiary/aromatic N) is 1. The first kappa shape index (κ1) is 15.8. The van der Waals surface area contributed by atoms with Gasteiger partial charge in [0.15, 0.2) is 0 Å². The first-order valence-corrected chi connectivity index (χ1v) is 9.42. The molecule has 3 rings (SSSR count). The minimum absolute atomic E-state index is 0.0906. The van der Waals surface area contributed by atoms with E-state index >= 15 is 0 Å². The van der Waals surface area contributed by atoms with E-state index in [1.54, 1.807) is 22.5 Å². The van der Waals surface area contributed by atoms with Crippen molar-refractivity contribution in [1.82, 2.24) is 9.62 Å². The van der Waals surface area contributed by atoms with Gasteiger partial charge in [-0.25, -0.2) is 8.42 Å². The van der Waals surface area contributed by atoms with Crippen LogP contribution in [0.4, 0.5) is 0 Å². The van der Waals surface area contributed by atoms with Gasteiger partial charge in [0.25, 0.3) is 0 Å². The van der Waals surface area contributed by atoms with Gasteiger partial charge >= 0.3 is 0 Å². The van der Waals surface area contributed by atoms with Crippen molar-refractivity contribution in [1.29, 1.82) is 0 Å². The van der Waals surface area contributed by atoms with E-state index in [-0.39, 0.29) is 18.1 Å². The first-order chi connectivity index (χ1) is 10.5. The van der Waals surface area contributed by atoms with Gasteiger partial charge in [-0.2, -0.15) is 4.31 Å². The zero-order valence-electron chi connectivity index (χ0n) is 13.2. The Hall–Kier alpha value is -1.11. The number of rotatable bonds is 2. The van der Waals surface area contributed by atoms with Gasteiger partial charge in [0.2, 0.25) is 10.0 Å². The average molecular weight is 324 g/mol. The maximum absolute atomic E-state index is 13.2. The second-order valence-corrected chi connectivity index (χ2v) is 8.33. The molecule has 0 saturated carbocycles. The van der Waals surface area contributed by atoms with E-state index in [0.717, 1.165) is 25.9 Å². The van der Waals surface area contributed by atoms with Crippen LogP contribution in [0.5, 0.6) is 5.75 Å². The fraction of sp³-hybridized carbons (Fsp3) is 0.625. The second kappa shape index (κ2) is 6.18. The number of para-hydroxylation sites is 1. The smallest absolute Gasteiger partial charge is 0.247 e. The second-order valence-electron chi connectivity index (χ2n) is 6.47. The highest BCUT2D eigenvalue weighted by Crippen LogP contribution is 2.36. The van der Waals surface area contributed by atoms with Gasteiger partial charge < -0.3 is 10.1 Å². The van der Waals surface area contributed by atoms with Crippen LogP contribution in [0.2, 0.25) is 0 Å². The zero-order valence-corrected chi connectivity index (χ0v) is 14.0. The maximum atomic E-state index is 13.2. The van der Waals surface area contributed by atoms with Crippen molar-refractivity contribution in [2.24, 2.45) is 5.92 Å². The Morgan fingerprint density at radius 2 is 2.00 bits per heavy atom. The lowest BCUT2D eigenvalue weighted by molar-refractivity contribution is 0.109. The largest absolute Gasteiger partial charge is 0.487 e. The molecule has 1 saturated heterocycles. The van der Waals surface area contributed by atoms with Gasteiger partial charge in [0.1, 0.15) is 16.7 Å². The molecule has 0 aromatic heterocycles. The third kappa shape index (κ3) is 2.87. The minimum atomic E-state index is -3.52. The number of hydrogen-bond donors (Lipinski definition) is 1. The number of ether oxygens (including phenoxy) is 1. The van der Waals surface area contributed by atoms with Gasteiger partial charge in [-0.1, -0.05) is 26.0 Å². The van der Waals surface area contributed by atoms with Crippen molar-refractivity contribution < 1.29 is 13.2 Å². The standard InChI is InChI=1S/C16H24N2O3S/c1-12(2)11-18-13-7-9-17-10-8-14(13)21-15-5-3-4-6-16(15)22(18,19)20/h3-6,12-14,17H,7-11H2,1-2H3/t13-,14-/m0/s1. The Kier molecular flexibility index (Phi) is 4.43.